The number of imide groups is 1. The lowest BCUT2D eigenvalue weighted by Gasteiger charge is -2.42. The van der Waals surface area contributed by atoms with Gasteiger partial charge in [-0.05, 0) is 60.6 Å². The molecule has 2 fully saturated rings. The van der Waals surface area contributed by atoms with Crippen molar-refractivity contribution in [2.75, 3.05) is 26.7 Å². The lowest BCUT2D eigenvalue weighted by atomic mass is 9.85. The number of aryl methyl sites for hydroxylation is 1. The van der Waals surface area contributed by atoms with Gasteiger partial charge < -0.3 is 9.64 Å². The molecule has 1 spiro atoms. The maximum Gasteiger partial charge on any atom is 0.327 e. The zero-order valence-corrected chi connectivity index (χ0v) is 21.4. The second-order valence-corrected chi connectivity index (χ2v) is 9.93. The van der Waals surface area contributed by atoms with E-state index in [1.165, 1.54) is 10.5 Å². The van der Waals surface area contributed by atoms with E-state index >= 15 is 0 Å². The van der Waals surface area contributed by atoms with Crippen molar-refractivity contribution < 1.29 is 14.3 Å². The minimum atomic E-state index is -0.780. The molecule has 0 unspecified atom stereocenters. The van der Waals surface area contributed by atoms with Crippen molar-refractivity contribution in [2.24, 2.45) is 0 Å². The molecule has 2 aliphatic rings. The Balaban J connectivity index is 1.30. The van der Waals surface area contributed by atoms with Crippen molar-refractivity contribution in [2.45, 2.75) is 44.3 Å². The van der Waals surface area contributed by atoms with Crippen LogP contribution in [-0.2, 0) is 24.3 Å². The highest BCUT2D eigenvalue weighted by Crippen LogP contribution is 2.39. The number of carbonyl (C=O) groups excluding carboxylic acids is 2. The number of likely N-dealkylation sites (tertiary alicyclic amines) is 1. The van der Waals surface area contributed by atoms with Gasteiger partial charge in [-0.25, -0.2) is 4.79 Å². The van der Waals surface area contributed by atoms with Gasteiger partial charge >= 0.3 is 6.03 Å². The molecule has 192 valence electrons. The Morgan fingerprint density at radius 2 is 1.57 bits per heavy atom. The number of nitrogens with zero attached hydrogens (tertiary/aromatic N) is 4. The number of piperidine rings is 1. The lowest BCUT2D eigenvalue weighted by molar-refractivity contribution is -0.136. The fourth-order valence-corrected chi connectivity index (χ4v) is 5.51. The van der Waals surface area contributed by atoms with Crippen molar-refractivity contribution in [1.29, 1.82) is 0 Å². The van der Waals surface area contributed by atoms with E-state index in [0.29, 0.717) is 25.9 Å². The number of benzene rings is 2. The molecule has 5 rings (SSSR count). The summed E-state index contributed by atoms with van der Waals surface area (Å²) in [6.07, 6.45) is 6.38. The predicted molar refractivity (Wildman–Crippen MR) is 142 cm³/mol. The van der Waals surface area contributed by atoms with Crippen LogP contribution in [0.25, 0.3) is 0 Å². The second kappa shape index (κ2) is 11.1. The lowest BCUT2D eigenvalue weighted by Crippen LogP contribution is -2.56. The molecule has 0 aliphatic carbocycles. The molecule has 0 atom stereocenters. The highest BCUT2D eigenvalue weighted by molar-refractivity contribution is 6.07. The highest BCUT2D eigenvalue weighted by Gasteiger charge is 2.57. The Morgan fingerprint density at radius 3 is 2.24 bits per heavy atom. The summed E-state index contributed by atoms with van der Waals surface area (Å²) in [7, 11) is 1.67. The molecular formula is C30H34N4O3. The van der Waals surface area contributed by atoms with Gasteiger partial charge in [0.2, 0.25) is 0 Å². The molecule has 7 heteroatoms. The van der Waals surface area contributed by atoms with E-state index in [9.17, 15) is 9.59 Å². The van der Waals surface area contributed by atoms with Crippen molar-refractivity contribution in [3.05, 3.63) is 95.8 Å². The standard InChI is InChI=1S/C30H34N4O3/c1-37-27-13-11-26(12-14-27)22-32-19-15-30(16-20-32)28(35)33(18-6-10-24-9-5-17-31-21-24)29(36)34(30)23-25-7-3-2-4-8-25/h2-5,7-9,11-14,17,21H,6,10,15-16,18-20,22-23H2,1H3. The van der Waals surface area contributed by atoms with Gasteiger partial charge in [0.15, 0.2) is 0 Å². The molecular weight excluding hydrogens is 464 g/mol. The van der Waals surface area contributed by atoms with Gasteiger partial charge in [0.1, 0.15) is 11.3 Å². The highest BCUT2D eigenvalue weighted by atomic mass is 16.5. The molecule has 0 saturated carbocycles. The first kappa shape index (κ1) is 25.0. The Bertz CT molecular complexity index is 1190. The molecule has 7 nitrogen and oxygen atoms in total. The van der Waals surface area contributed by atoms with Crippen LogP contribution in [-0.4, -0.2) is 63.9 Å². The number of hydrogen-bond donors (Lipinski definition) is 0. The van der Waals surface area contributed by atoms with E-state index in [1.807, 2.05) is 65.7 Å². The van der Waals surface area contributed by atoms with E-state index < -0.39 is 5.54 Å². The van der Waals surface area contributed by atoms with Crippen LogP contribution in [0.3, 0.4) is 0 Å². The summed E-state index contributed by atoms with van der Waals surface area (Å²) in [5.74, 6) is 0.806. The van der Waals surface area contributed by atoms with E-state index in [2.05, 4.69) is 22.0 Å². The largest absolute Gasteiger partial charge is 0.497 e. The summed E-state index contributed by atoms with van der Waals surface area (Å²) in [5.41, 5.74) is 2.59. The first-order valence-corrected chi connectivity index (χ1v) is 13.0. The molecule has 3 amide bonds. The molecule has 0 radical (unpaired) electrons. The topological polar surface area (TPSA) is 66.0 Å². The summed E-state index contributed by atoms with van der Waals surface area (Å²) in [4.78, 5) is 37.4. The molecule has 2 aromatic carbocycles. The van der Waals surface area contributed by atoms with Crippen LogP contribution in [0, 0.1) is 0 Å². The molecule has 3 aromatic rings. The SMILES string of the molecule is COc1ccc(CN2CCC3(CC2)C(=O)N(CCCc2cccnc2)C(=O)N3Cc2ccccc2)cc1. The van der Waals surface area contributed by atoms with Crippen LogP contribution in [0.1, 0.15) is 36.0 Å². The summed E-state index contributed by atoms with van der Waals surface area (Å²) in [5, 5.41) is 0. The zero-order chi connectivity index (χ0) is 25.7. The predicted octanol–water partition coefficient (Wildman–Crippen LogP) is 4.52. The normalized spacial score (nSPS) is 17.5. The van der Waals surface area contributed by atoms with Gasteiger partial charge in [-0.1, -0.05) is 48.5 Å². The Hall–Kier alpha value is -3.71. The molecule has 0 N–H and O–H groups in total. The van der Waals surface area contributed by atoms with Gasteiger partial charge in [0, 0.05) is 45.1 Å². The van der Waals surface area contributed by atoms with Gasteiger partial charge in [0.25, 0.3) is 5.91 Å². The minimum absolute atomic E-state index is 0.0382. The van der Waals surface area contributed by atoms with Crippen LogP contribution >= 0.6 is 0 Å². The molecule has 37 heavy (non-hydrogen) atoms. The van der Waals surface area contributed by atoms with E-state index in [4.69, 9.17) is 4.74 Å². The van der Waals surface area contributed by atoms with Crippen LogP contribution < -0.4 is 4.74 Å². The first-order chi connectivity index (χ1) is 18.1. The monoisotopic (exact) mass is 498 g/mol. The molecule has 2 saturated heterocycles. The third-order valence-corrected chi connectivity index (χ3v) is 7.62. The molecule has 3 heterocycles. The third-order valence-electron chi connectivity index (χ3n) is 7.62. The van der Waals surface area contributed by atoms with Gasteiger partial charge in [0.05, 0.1) is 7.11 Å². The summed E-state index contributed by atoms with van der Waals surface area (Å²) >= 11 is 0. The van der Waals surface area contributed by atoms with Gasteiger partial charge in [-0.15, -0.1) is 0 Å². The average molecular weight is 499 g/mol. The maximum absolute atomic E-state index is 13.9. The fourth-order valence-electron chi connectivity index (χ4n) is 5.51. The molecule has 2 aliphatic heterocycles. The second-order valence-electron chi connectivity index (χ2n) is 9.93. The van der Waals surface area contributed by atoms with Gasteiger partial charge in [-0.2, -0.15) is 0 Å². The Morgan fingerprint density at radius 1 is 0.865 bits per heavy atom. The van der Waals surface area contributed by atoms with Crippen LogP contribution in [0.5, 0.6) is 5.75 Å². The first-order valence-electron chi connectivity index (χ1n) is 13.0. The zero-order valence-electron chi connectivity index (χ0n) is 21.4. The summed E-state index contributed by atoms with van der Waals surface area (Å²) in [6.45, 7) is 3.22. The number of aromatic nitrogens is 1. The number of ether oxygens (including phenoxy) is 1. The molecule has 0 bridgehead atoms. The van der Waals surface area contributed by atoms with Crippen LogP contribution in [0.2, 0.25) is 0 Å². The Kier molecular flexibility index (Phi) is 7.51. The van der Waals surface area contributed by atoms with Crippen molar-refractivity contribution in [3.8, 4) is 5.75 Å². The van der Waals surface area contributed by atoms with Crippen LogP contribution in [0.15, 0.2) is 79.1 Å². The quantitative estimate of drug-likeness (QED) is 0.406. The van der Waals surface area contributed by atoms with Crippen molar-refractivity contribution >= 4 is 11.9 Å². The number of hydrogen-bond acceptors (Lipinski definition) is 5. The number of pyridine rings is 1. The van der Waals surface area contributed by atoms with Crippen molar-refractivity contribution in [1.82, 2.24) is 19.7 Å². The number of urea groups is 1. The van der Waals surface area contributed by atoms with E-state index in [0.717, 1.165) is 49.4 Å². The number of rotatable bonds is 9. The number of methoxy groups -OCH3 is 1. The average Bonchev–Trinajstić information content (AvgIpc) is 3.12. The van der Waals surface area contributed by atoms with Crippen molar-refractivity contribution in [3.63, 3.8) is 0 Å². The van der Waals surface area contributed by atoms with E-state index in [-0.39, 0.29) is 11.9 Å². The van der Waals surface area contributed by atoms with E-state index in [1.54, 1.807) is 13.3 Å². The molecule has 1 aromatic heterocycles. The minimum Gasteiger partial charge on any atom is -0.497 e. The van der Waals surface area contributed by atoms with Gasteiger partial charge in [-0.3, -0.25) is 19.6 Å². The fraction of sp³-hybridized carbons (Fsp3) is 0.367. The Labute approximate surface area is 218 Å². The number of amides is 3. The van der Waals surface area contributed by atoms with Crippen LogP contribution in [0.4, 0.5) is 4.79 Å². The number of carbonyl (C=O) groups is 2. The third kappa shape index (κ3) is 5.37. The smallest absolute Gasteiger partial charge is 0.327 e. The maximum atomic E-state index is 13.9. The summed E-state index contributed by atoms with van der Waals surface area (Å²) in [6, 6.07) is 21.9. The summed E-state index contributed by atoms with van der Waals surface area (Å²) < 4.78 is 5.27.